The van der Waals surface area contributed by atoms with Crippen LogP contribution in [0.3, 0.4) is 0 Å². The van der Waals surface area contributed by atoms with Crippen molar-refractivity contribution in [3.8, 4) is 0 Å². The van der Waals surface area contributed by atoms with Crippen molar-refractivity contribution in [2.75, 3.05) is 13.2 Å². The zero-order valence-corrected chi connectivity index (χ0v) is 21.0. The molecular formula is C29H36N2O4. The second kappa shape index (κ2) is 12.9. The Balaban J connectivity index is 1.75. The van der Waals surface area contributed by atoms with E-state index >= 15 is 0 Å². The maximum atomic E-state index is 13.2. The predicted octanol–water partition coefficient (Wildman–Crippen LogP) is 5.35. The fourth-order valence-electron chi connectivity index (χ4n) is 4.45. The van der Waals surface area contributed by atoms with Gasteiger partial charge in [0.15, 0.2) is 0 Å². The lowest BCUT2D eigenvalue weighted by molar-refractivity contribution is -0.140. The van der Waals surface area contributed by atoms with Crippen LogP contribution < -0.4 is 5.32 Å². The van der Waals surface area contributed by atoms with Crippen molar-refractivity contribution in [1.29, 1.82) is 0 Å². The Morgan fingerprint density at radius 1 is 1.00 bits per heavy atom. The van der Waals surface area contributed by atoms with Gasteiger partial charge in [-0.25, -0.2) is 4.79 Å². The van der Waals surface area contributed by atoms with Gasteiger partial charge in [-0.2, -0.15) is 0 Å². The molecule has 6 nitrogen and oxygen atoms in total. The van der Waals surface area contributed by atoms with Crippen molar-refractivity contribution in [3.05, 3.63) is 82.6 Å². The minimum Gasteiger partial charge on any atom is -0.463 e. The van der Waals surface area contributed by atoms with E-state index in [9.17, 15) is 14.4 Å². The molecule has 1 aliphatic rings. The Morgan fingerprint density at radius 3 is 2.37 bits per heavy atom. The van der Waals surface area contributed by atoms with Crippen LogP contribution in [-0.4, -0.2) is 35.8 Å². The molecule has 2 aromatic rings. The molecule has 0 saturated carbocycles. The summed E-state index contributed by atoms with van der Waals surface area (Å²) in [5, 5.41) is 2.96. The van der Waals surface area contributed by atoms with Crippen LogP contribution in [-0.2, 0) is 20.9 Å². The third kappa shape index (κ3) is 6.81. The highest BCUT2D eigenvalue weighted by molar-refractivity contribution is 5.96. The van der Waals surface area contributed by atoms with Gasteiger partial charge >= 0.3 is 5.97 Å². The third-order valence-electron chi connectivity index (χ3n) is 6.39. The first-order valence-electron chi connectivity index (χ1n) is 12.6. The second-order valence-electron chi connectivity index (χ2n) is 8.88. The lowest BCUT2D eigenvalue weighted by Crippen LogP contribution is -2.38. The molecule has 0 aromatic heterocycles. The molecule has 0 aliphatic carbocycles. The predicted molar refractivity (Wildman–Crippen MR) is 137 cm³/mol. The maximum Gasteiger partial charge on any atom is 0.336 e. The Hall–Kier alpha value is -3.41. The van der Waals surface area contributed by atoms with Gasteiger partial charge in [-0.1, -0.05) is 68.7 Å². The van der Waals surface area contributed by atoms with E-state index in [1.54, 1.807) is 30.9 Å². The Morgan fingerprint density at radius 2 is 1.71 bits per heavy atom. The molecule has 1 aliphatic heterocycles. The Kier molecular flexibility index (Phi) is 9.65. The standard InChI is InChI=1S/C29H36N2O4/c1-4-6-7-11-18-30-28(33)24-16-14-22(15-17-24)20-31-21(3)27(29(34)35-5-2)25(19-26(31)32)23-12-9-8-10-13-23/h8-10,12-17,25H,4-7,11,18-20H2,1-3H3,(H,30,33). The summed E-state index contributed by atoms with van der Waals surface area (Å²) in [6.45, 7) is 7.01. The first kappa shape index (κ1) is 26.2. The van der Waals surface area contributed by atoms with Gasteiger partial charge in [-0.15, -0.1) is 0 Å². The minimum atomic E-state index is -0.387. The quantitative estimate of drug-likeness (QED) is 0.350. The van der Waals surface area contributed by atoms with Crippen LogP contribution in [0.4, 0.5) is 0 Å². The summed E-state index contributed by atoms with van der Waals surface area (Å²) in [6, 6.07) is 16.9. The number of amides is 2. The Bertz CT molecular complexity index is 1040. The topological polar surface area (TPSA) is 75.7 Å². The highest BCUT2D eigenvalue weighted by Crippen LogP contribution is 2.37. The van der Waals surface area contributed by atoms with Crippen molar-refractivity contribution in [2.24, 2.45) is 0 Å². The van der Waals surface area contributed by atoms with Crippen LogP contribution in [0, 0.1) is 0 Å². The molecule has 1 atom stereocenters. The summed E-state index contributed by atoms with van der Waals surface area (Å²) >= 11 is 0. The number of esters is 1. The highest BCUT2D eigenvalue weighted by atomic mass is 16.5. The SMILES string of the molecule is CCCCCCNC(=O)c1ccc(CN2C(=O)CC(c3ccccc3)C(C(=O)OCC)=C2C)cc1. The smallest absolute Gasteiger partial charge is 0.336 e. The van der Waals surface area contributed by atoms with E-state index in [-0.39, 0.29) is 36.7 Å². The van der Waals surface area contributed by atoms with E-state index in [0.717, 1.165) is 30.4 Å². The molecule has 2 aromatic carbocycles. The van der Waals surface area contributed by atoms with Crippen LogP contribution in [0.15, 0.2) is 65.9 Å². The van der Waals surface area contributed by atoms with E-state index in [4.69, 9.17) is 4.74 Å². The normalized spacial score (nSPS) is 15.8. The summed E-state index contributed by atoms with van der Waals surface area (Å²) in [4.78, 5) is 40.1. The second-order valence-corrected chi connectivity index (χ2v) is 8.88. The fraction of sp³-hybridized carbons (Fsp3) is 0.414. The highest BCUT2D eigenvalue weighted by Gasteiger charge is 2.36. The Labute approximate surface area is 208 Å². The zero-order chi connectivity index (χ0) is 25.2. The maximum absolute atomic E-state index is 13.2. The number of carbonyl (C=O) groups excluding carboxylic acids is 3. The van der Waals surface area contributed by atoms with Gasteiger partial charge in [-0.3, -0.25) is 9.59 Å². The number of nitrogens with one attached hydrogen (secondary N) is 1. The molecule has 1 heterocycles. The average molecular weight is 477 g/mol. The number of rotatable bonds is 11. The van der Waals surface area contributed by atoms with Gasteiger partial charge < -0.3 is 15.0 Å². The van der Waals surface area contributed by atoms with Crippen molar-refractivity contribution in [1.82, 2.24) is 10.2 Å². The van der Waals surface area contributed by atoms with Crippen molar-refractivity contribution < 1.29 is 19.1 Å². The molecule has 3 rings (SSSR count). The van der Waals surface area contributed by atoms with Gasteiger partial charge in [0.25, 0.3) is 5.91 Å². The largest absolute Gasteiger partial charge is 0.463 e. The summed E-state index contributed by atoms with van der Waals surface area (Å²) in [5.41, 5.74) is 3.54. The molecule has 0 saturated heterocycles. The van der Waals surface area contributed by atoms with Gasteiger partial charge in [-0.05, 0) is 43.5 Å². The van der Waals surface area contributed by atoms with E-state index in [1.165, 1.54) is 6.42 Å². The lowest BCUT2D eigenvalue weighted by Gasteiger charge is -2.34. The number of nitrogens with zero attached hydrogens (tertiary/aromatic N) is 1. The van der Waals surface area contributed by atoms with E-state index < -0.39 is 0 Å². The van der Waals surface area contributed by atoms with E-state index in [1.807, 2.05) is 42.5 Å². The number of ether oxygens (including phenoxy) is 1. The minimum absolute atomic E-state index is 0.0432. The molecule has 0 radical (unpaired) electrons. The molecule has 2 amide bonds. The molecule has 1 N–H and O–H groups in total. The van der Waals surface area contributed by atoms with Crippen LogP contribution in [0.25, 0.3) is 0 Å². The van der Waals surface area contributed by atoms with Gasteiger partial charge in [0.05, 0.1) is 18.7 Å². The third-order valence-corrected chi connectivity index (χ3v) is 6.39. The number of allylic oxidation sites excluding steroid dienone is 1. The van der Waals surface area contributed by atoms with E-state index in [2.05, 4.69) is 12.2 Å². The first-order chi connectivity index (χ1) is 17.0. The summed E-state index contributed by atoms with van der Waals surface area (Å²) < 4.78 is 5.35. The van der Waals surface area contributed by atoms with Gasteiger partial charge in [0.2, 0.25) is 5.91 Å². The van der Waals surface area contributed by atoms with E-state index in [0.29, 0.717) is 29.9 Å². The molecule has 0 fully saturated rings. The number of carbonyl (C=O) groups is 3. The van der Waals surface area contributed by atoms with Crippen LogP contribution in [0.5, 0.6) is 0 Å². The number of benzene rings is 2. The summed E-state index contributed by atoms with van der Waals surface area (Å²) in [6.07, 6.45) is 4.64. The monoisotopic (exact) mass is 476 g/mol. The summed E-state index contributed by atoms with van der Waals surface area (Å²) in [7, 11) is 0. The molecule has 35 heavy (non-hydrogen) atoms. The van der Waals surface area contributed by atoms with Gasteiger partial charge in [0, 0.05) is 30.1 Å². The molecule has 0 bridgehead atoms. The zero-order valence-electron chi connectivity index (χ0n) is 21.0. The van der Waals surface area contributed by atoms with Gasteiger partial charge in [0.1, 0.15) is 0 Å². The number of hydrogen-bond donors (Lipinski definition) is 1. The van der Waals surface area contributed by atoms with Crippen LogP contribution in [0.2, 0.25) is 0 Å². The fourth-order valence-corrected chi connectivity index (χ4v) is 4.45. The molecule has 0 spiro atoms. The average Bonchev–Trinajstić information content (AvgIpc) is 2.87. The van der Waals surface area contributed by atoms with Crippen LogP contribution in [0.1, 0.15) is 80.3 Å². The van der Waals surface area contributed by atoms with Crippen molar-refractivity contribution in [2.45, 2.75) is 65.3 Å². The molecule has 6 heteroatoms. The van der Waals surface area contributed by atoms with Crippen molar-refractivity contribution >= 4 is 17.8 Å². The number of hydrogen-bond acceptors (Lipinski definition) is 4. The van der Waals surface area contributed by atoms with Crippen LogP contribution >= 0.6 is 0 Å². The lowest BCUT2D eigenvalue weighted by atomic mass is 9.83. The summed E-state index contributed by atoms with van der Waals surface area (Å²) in [5.74, 6) is -0.850. The molecule has 1 unspecified atom stereocenters. The molecular weight excluding hydrogens is 440 g/mol. The first-order valence-corrected chi connectivity index (χ1v) is 12.6. The molecule has 186 valence electrons. The van der Waals surface area contributed by atoms with Crippen molar-refractivity contribution in [3.63, 3.8) is 0 Å². The number of unbranched alkanes of at least 4 members (excludes halogenated alkanes) is 3.